The Balaban J connectivity index is 4.29. The van der Waals surface area contributed by atoms with Gasteiger partial charge >= 0.3 is 0 Å². The van der Waals surface area contributed by atoms with E-state index in [1.165, 1.54) is 21.6 Å². The van der Waals surface area contributed by atoms with Crippen LogP contribution in [0.15, 0.2) is 46.6 Å². The van der Waals surface area contributed by atoms with Gasteiger partial charge in [-0.05, 0) is 87.0 Å². The molecule has 3 heteroatoms. The molecule has 154 valence electrons. The number of likely N-dealkylation sites (N-methyl/N-ethyl adjacent to an activating group) is 1. The first-order valence-corrected chi connectivity index (χ1v) is 10.3. The fraction of sp³-hybridized carbons (Fsp3) is 0.625. The summed E-state index contributed by atoms with van der Waals surface area (Å²) in [4.78, 5) is 13.6. The van der Waals surface area contributed by atoms with Crippen LogP contribution in [-0.2, 0) is 4.79 Å². The number of amides is 1. The number of nitrogens with zero attached hydrogens (tertiary/aromatic N) is 1. The van der Waals surface area contributed by atoms with Crippen molar-refractivity contribution in [3.05, 3.63) is 46.6 Å². The molecular formula is C24H41NO2. The van der Waals surface area contributed by atoms with E-state index in [9.17, 15) is 9.90 Å². The second kappa shape index (κ2) is 14.4. The van der Waals surface area contributed by atoms with Crippen LogP contribution in [0.4, 0.5) is 0 Å². The third kappa shape index (κ3) is 13.2. The van der Waals surface area contributed by atoms with Gasteiger partial charge in [-0.15, -0.1) is 0 Å². The molecule has 0 aromatic rings. The minimum atomic E-state index is -0.743. The minimum Gasteiger partial charge on any atom is -0.374 e. The third-order valence-electron chi connectivity index (χ3n) is 4.60. The quantitative estimate of drug-likeness (QED) is 0.246. The second-order valence-electron chi connectivity index (χ2n) is 7.75. The smallest absolute Gasteiger partial charge is 0.248 e. The summed E-state index contributed by atoms with van der Waals surface area (Å²) in [5, 5.41) is 9.60. The van der Waals surface area contributed by atoms with Crippen LogP contribution in [0, 0.1) is 0 Å². The van der Waals surface area contributed by atoms with Crippen molar-refractivity contribution in [2.24, 2.45) is 0 Å². The third-order valence-corrected chi connectivity index (χ3v) is 4.60. The normalized spacial score (nSPS) is 14.1. The second-order valence-corrected chi connectivity index (χ2v) is 7.75. The van der Waals surface area contributed by atoms with E-state index in [1.54, 1.807) is 13.0 Å². The summed E-state index contributed by atoms with van der Waals surface area (Å²) in [6, 6.07) is 0. The molecule has 0 aromatic carbocycles. The molecule has 0 aromatic heterocycles. The molecule has 27 heavy (non-hydrogen) atoms. The Kier molecular flexibility index (Phi) is 13.6. The van der Waals surface area contributed by atoms with E-state index in [4.69, 9.17) is 0 Å². The molecule has 1 unspecified atom stereocenters. The summed E-state index contributed by atoms with van der Waals surface area (Å²) >= 11 is 0. The zero-order valence-corrected chi connectivity index (χ0v) is 18.6. The Hall–Kier alpha value is -1.61. The van der Waals surface area contributed by atoms with Crippen LogP contribution in [0.1, 0.15) is 87.0 Å². The van der Waals surface area contributed by atoms with Gasteiger partial charge in [0.1, 0.15) is 6.23 Å². The Morgan fingerprint density at radius 2 is 1.30 bits per heavy atom. The number of allylic oxidation sites excluding steroid dienone is 7. The van der Waals surface area contributed by atoms with E-state index in [-0.39, 0.29) is 5.91 Å². The highest BCUT2D eigenvalue weighted by Crippen LogP contribution is 2.14. The first-order chi connectivity index (χ1) is 12.7. The van der Waals surface area contributed by atoms with Gasteiger partial charge < -0.3 is 10.0 Å². The van der Waals surface area contributed by atoms with E-state index in [0.29, 0.717) is 6.54 Å². The van der Waals surface area contributed by atoms with E-state index in [1.807, 2.05) is 13.8 Å². The van der Waals surface area contributed by atoms with Crippen LogP contribution in [0.3, 0.4) is 0 Å². The van der Waals surface area contributed by atoms with E-state index in [0.717, 1.165) is 44.1 Å². The Morgan fingerprint density at radius 3 is 1.70 bits per heavy atom. The highest BCUT2D eigenvalue weighted by molar-refractivity contribution is 5.88. The SMILES string of the molecule is CCN(C(=O)C=C(C)CCC=C(C)CCC=C(C)CCC=C(C)C)C(C)O. The highest BCUT2D eigenvalue weighted by Gasteiger charge is 2.13. The van der Waals surface area contributed by atoms with Crippen molar-refractivity contribution in [1.29, 1.82) is 0 Å². The van der Waals surface area contributed by atoms with Gasteiger partial charge in [0.15, 0.2) is 0 Å². The van der Waals surface area contributed by atoms with Crippen LogP contribution in [0.2, 0.25) is 0 Å². The molecule has 0 rings (SSSR count). The van der Waals surface area contributed by atoms with Gasteiger partial charge in [0, 0.05) is 12.6 Å². The van der Waals surface area contributed by atoms with Crippen molar-refractivity contribution in [2.75, 3.05) is 6.54 Å². The molecule has 0 aliphatic carbocycles. The summed E-state index contributed by atoms with van der Waals surface area (Å²) in [5.74, 6) is -0.112. The van der Waals surface area contributed by atoms with Crippen molar-refractivity contribution < 1.29 is 9.90 Å². The molecule has 3 nitrogen and oxygen atoms in total. The zero-order chi connectivity index (χ0) is 20.8. The lowest BCUT2D eigenvalue weighted by molar-refractivity contribution is -0.134. The van der Waals surface area contributed by atoms with E-state index in [2.05, 4.69) is 45.9 Å². The maximum atomic E-state index is 12.1. The molecular weight excluding hydrogens is 334 g/mol. The van der Waals surface area contributed by atoms with Crippen molar-refractivity contribution in [1.82, 2.24) is 4.90 Å². The summed E-state index contributed by atoms with van der Waals surface area (Å²) in [6.07, 6.45) is 14.1. The first kappa shape index (κ1) is 25.4. The fourth-order valence-electron chi connectivity index (χ4n) is 2.86. The molecule has 0 aliphatic heterocycles. The highest BCUT2D eigenvalue weighted by atomic mass is 16.3. The van der Waals surface area contributed by atoms with Gasteiger partial charge in [-0.25, -0.2) is 0 Å². The van der Waals surface area contributed by atoms with Gasteiger partial charge in [0.05, 0.1) is 0 Å². The number of hydrogen-bond acceptors (Lipinski definition) is 2. The zero-order valence-electron chi connectivity index (χ0n) is 18.6. The summed E-state index contributed by atoms with van der Waals surface area (Å²) in [5.41, 5.74) is 5.32. The number of hydrogen-bond donors (Lipinski definition) is 1. The largest absolute Gasteiger partial charge is 0.374 e. The molecule has 0 spiro atoms. The van der Waals surface area contributed by atoms with Crippen LogP contribution >= 0.6 is 0 Å². The molecule has 1 amide bonds. The summed E-state index contributed by atoms with van der Waals surface area (Å²) in [7, 11) is 0. The molecule has 1 N–H and O–H groups in total. The fourth-order valence-corrected chi connectivity index (χ4v) is 2.86. The molecule has 0 aliphatic rings. The number of aliphatic hydroxyl groups excluding tert-OH is 1. The maximum Gasteiger partial charge on any atom is 0.248 e. The summed E-state index contributed by atoms with van der Waals surface area (Å²) in [6.45, 7) is 14.7. The molecule has 0 radical (unpaired) electrons. The molecule has 0 heterocycles. The molecule has 1 atom stereocenters. The standard InChI is InChI=1S/C24H41NO2/c1-8-25(23(7)26)24(27)18-22(6)17-11-16-21(5)15-10-14-20(4)13-9-12-19(2)3/h12,14,16,18,23,26H,8-11,13,15,17H2,1-7H3. The summed E-state index contributed by atoms with van der Waals surface area (Å²) < 4.78 is 0. The number of carbonyl (C=O) groups is 1. The van der Waals surface area contributed by atoms with Crippen molar-refractivity contribution in [2.45, 2.75) is 93.2 Å². The topological polar surface area (TPSA) is 40.5 Å². The Bertz CT molecular complexity index is 561. The Morgan fingerprint density at radius 1 is 0.852 bits per heavy atom. The Labute approximate surface area is 167 Å². The predicted octanol–water partition coefficient (Wildman–Crippen LogP) is 6.32. The van der Waals surface area contributed by atoms with Gasteiger partial charge in [-0.2, -0.15) is 0 Å². The van der Waals surface area contributed by atoms with E-state index < -0.39 is 6.23 Å². The van der Waals surface area contributed by atoms with Gasteiger partial charge in [0.2, 0.25) is 5.91 Å². The predicted molar refractivity (Wildman–Crippen MR) is 117 cm³/mol. The molecule has 0 bridgehead atoms. The lowest BCUT2D eigenvalue weighted by Crippen LogP contribution is -2.37. The van der Waals surface area contributed by atoms with Gasteiger partial charge in [-0.3, -0.25) is 4.79 Å². The molecule has 0 fully saturated rings. The van der Waals surface area contributed by atoms with Crippen molar-refractivity contribution in [3.8, 4) is 0 Å². The van der Waals surface area contributed by atoms with Crippen LogP contribution in [0.25, 0.3) is 0 Å². The van der Waals surface area contributed by atoms with Crippen LogP contribution in [0.5, 0.6) is 0 Å². The van der Waals surface area contributed by atoms with Crippen LogP contribution < -0.4 is 0 Å². The monoisotopic (exact) mass is 375 g/mol. The lowest BCUT2D eigenvalue weighted by atomic mass is 10.0. The maximum absolute atomic E-state index is 12.1. The lowest BCUT2D eigenvalue weighted by Gasteiger charge is -2.22. The average molecular weight is 376 g/mol. The molecule has 0 saturated heterocycles. The number of rotatable bonds is 12. The molecule has 0 saturated carbocycles. The van der Waals surface area contributed by atoms with E-state index >= 15 is 0 Å². The van der Waals surface area contributed by atoms with Gasteiger partial charge in [-0.1, -0.05) is 40.5 Å². The van der Waals surface area contributed by atoms with Crippen molar-refractivity contribution >= 4 is 5.91 Å². The average Bonchev–Trinajstić information content (AvgIpc) is 2.54. The van der Waals surface area contributed by atoms with Crippen molar-refractivity contribution in [3.63, 3.8) is 0 Å². The van der Waals surface area contributed by atoms with Crippen LogP contribution in [-0.4, -0.2) is 28.7 Å². The van der Waals surface area contributed by atoms with Gasteiger partial charge in [0.25, 0.3) is 0 Å². The number of carbonyl (C=O) groups excluding carboxylic acids is 1. The minimum absolute atomic E-state index is 0.112. The number of aliphatic hydroxyl groups is 1. The first-order valence-electron chi connectivity index (χ1n) is 10.3.